The Balaban J connectivity index is 0.000000144. The number of thiocarbonyl (C=S) groups is 4. The summed E-state index contributed by atoms with van der Waals surface area (Å²) in [6, 6.07) is 31.0. The van der Waals surface area contributed by atoms with Gasteiger partial charge in [-0.25, -0.2) is 14.4 Å². The van der Waals surface area contributed by atoms with Gasteiger partial charge in [0.25, 0.3) is 23.6 Å². The fourth-order valence-electron chi connectivity index (χ4n) is 18.2. The van der Waals surface area contributed by atoms with E-state index >= 15 is 4.39 Å². The molecule has 4 fully saturated rings. The van der Waals surface area contributed by atoms with Gasteiger partial charge in [0.1, 0.15) is 51.8 Å². The average Bonchev–Trinajstić information content (AvgIpc) is 1.62. The molecule has 24 heteroatoms. The topological polar surface area (TPSA) is 199 Å². The lowest BCUT2D eigenvalue weighted by atomic mass is 9.62. The number of amides is 4. The number of nitrogens with one attached hydrogen (secondary N) is 4. The van der Waals surface area contributed by atoms with E-state index in [4.69, 9.17) is 72.8 Å². The van der Waals surface area contributed by atoms with Crippen LogP contribution in [0.5, 0.6) is 28.9 Å². The number of phenolic OH excluding ortho intramolecular Hbond substituents is 1. The number of aromatic nitrogens is 2. The Morgan fingerprint density at radius 2 is 0.706 bits per heavy atom. The van der Waals surface area contributed by atoms with Crippen LogP contribution in [0.25, 0.3) is 68.9 Å². The summed E-state index contributed by atoms with van der Waals surface area (Å²) in [5.74, 6) is 1.13. The minimum Gasteiger partial charge on any atom is -0.507 e. The standard InChI is InChI=1S/C26H28FNO2S2.C26H29NO3S2.2C25H28N2O2S2/c1-14-11-17-18(26(4,5)10-9-25(17,2)3)13-16(14)21-19(30-6)8-7-15(22(21)27)12-20-23(29)28-24(31)32-20;1-14-9-18-19(26(4,5)8-7-25(18,2)3)12-16(14)17-10-15(20(28)13-21(17)30-6)11-22-23(29)27-24(31)32-22;1-14-9-18-19(25(4,5)8-7-24(18,2)3)12-16(14)17-10-15(13-26-22(17)29-6)11-20-21(28)27-23(30)31-20;1-14-11-17-18(25(4,5)10-9-24(17,2)3)13-16(14)21-19(29-6)8-7-15(26-21)12-20-22(28)27-23(30)31-20/h7-8,11-13H,9-10H2,1-6H3,(H,28,29,31);9-13,28H,7-8H2,1-6H3,(H,27,29,31);9-13H,7-8H2,1-6H3,(H,27,28,30);7-8,11-13H,9-10H2,1-6H3,(H,27,28,30)/b20-12-;22-11-;20-11-;20-12-. The van der Waals surface area contributed by atoms with Gasteiger partial charge in [0, 0.05) is 40.1 Å². The van der Waals surface area contributed by atoms with Crippen molar-refractivity contribution in [2.75, 3.05) is 28.4 Å². The van der Waals surface area contributed by atoms with Crippen molar-refractivity contribution in [2.45, 2.75) is 233 Å². The number of aryl methyl sites for hydroxylation is 4. The fourth-order valence-corrected chi connectivity index (χ4v) is 22.4. The molecule has 8 aromatic rings. The Labute approximate surface area is 780 Å². The van der Waals surface area contributed by atoms with Gasteiger partial charge in [0.05, 0.1) is 59.3 Å². The molecule has 4 amide bonds. The SMILES string of the molecule is COc1cc(O)c(/C=C2\SC(=S)NC2=O)cc1-c1cc2c(cc1C)C(C)(C)CCC2(C)C.COc1ccc(/C=C2\SC(=S)NC2=O)c(F)c1-c1cc2c(cc1C)C(C)(C)CCC2(C)C.COc1ccc(/C=C2\SC(=S)NC2=O)nc1-c1cc2c(cc1C)C(C)(C)CCC2(C)C.COc1ncc(/C=C2\SC(=S)NC2=O)cc1-c1cc2c(cc1C)C(C)(C)CCC2(C)C. The highest BCUT2D eigenvalue weighted by Crippen LogP contribution is 2.55. The van der Waals surface area contributed by atoms with E-state index in [1.807, 2.05) is 37.3 Å². The van der Waals surface area contributed by atoms with Crippen LogP contribution >= 0.6 is 95.9 Å². The number of pyridine rings is 2. The number of carbonyl (C=O) groups is 4. The average molecular weight is 1840 g/mol. The Morgan fingerprint density at radius 1 is 0.373 bits per heavy atom. The third-order valence-corrected chi connectivity index (χ3v) is 31.1. The van der Waals surface area contributed by atoms with Crippen molar-refractivity contribution < 1.29 is 47.6 Å². The quantitative estimate of drug-likeness (QED) is 0.0571. The van der Waals surface area contributed by atoms with E-state index in [1.165, 1.54) is 104 Å². The monoisotopic (exact) mass is 1840 g/mol. The van der Waals surface area contributed by atoms with Crippen LogP contribution in [0.15, 0.2) is 117 Å². The number of phenols is 1. The molecule has 4 aliphatic heterocycles. The number of benzene rings is 6. The number of hydrogen-bond acceptors (Lipinski definition) is 19. The molecule has 0 bridgehead atoms. The van der Waals surface area contributed by atoms with Crippen LogP contribution in [-0.4, -0.2) is 84.4 Å². The van der Waals surface area contributed by atoms with E-state index in [0.29, 0.717) is 76.7 Å². The molecule has 4 aliphatic carbocycles. The second kappa shape index (κ2) is 35.9. The molecule has 15 nitrogen and oxygen atoms in total. The molecule has 6 heterocycles. The molecule has 5 N–H and O–H groups in total. The summed E-state index contributed by atoms with van der Waals surface area (Å²) in [6.07, 6.45) is 17.7. The molecule has 126 heavy (non-hydrogen) atoms. The number of halogens is 1. The molecule has 660 valence electrons. The number of hydrogen-bond donors (Lipinski definition) is 5. The first-order valence-electron chi connectivity index (χ1n) is 42.4. The number of aromatic hydroxyl groups is 1. The highest BCUT2D eigenvalue weighted by molar-refractivity contribution is 8.28. The molecule has 4 saturated heterocycles. The van der Waals surface area contributed by atoms with E-state index in [2.05, 4.69) is 206 Å². The van der Waals surface area contributed by atoms with Gasteiger partial charge in [-0.05, 0) is 296 Å². The lowest BCUT2D eigenvalue weighted by Gasteiger charge is -2.42. The van der Waals surface area contributed by atoms with Crippen molar-refractivity contribution in [2.24, 2.45) is 0 Å². The zero-order chi connectivity index (χ0) is 91.9. The van der Waals surface area contributed by atoms with Crippen LogP contribution in [0.3, 0.4) is 0 Å². The summed E-state index contributed by atoms with van der Waals surface area (Å²) in [7, 11) is 6.47. The minimum absolute atomic E-state index is 0.00483. The van der Waals surface area contributed by atoms with Crippen molar-refractivity contribution in [3.05, 3.63) is 212 Å². The Hall–Kier alpha value is -8.85. The molecule has 0 spiro atoms. The molecular formula is C102H113FN6O9S8. The number of nitrogens with zero attached hydrogens (tertiary/aromatic N) is 2. The first-order valence-corrected chi connectivity index (χ1v) is 47.3. The summed E-state index contributed by atoms with van der Waals surface area (Å²) in [6.45, 7) is 45.4. The van der Waals surface area contributed by atoms with Gasteiger partial charge in [-0.15, -0.1) is 0 Å². The van der Waals surface area contributed by atoms with Gasteiger partial charge in [0.15, 0.2) is 0 Å². The summed E-state index contributed by atoms with van der Waals surface area (Å²) < 4.78 is 40.2. The molecule has 2 aromatic heterocycles. The van der Waals surface area contributed by atoms with Crippen molar-refractivity contribution in [1.82, 2.24) is 31.2 Å². The summed E-state index contributed by atoms with van der Waals surface area (Å²) in [5.41, 5.74) is 25.9. The van der Waals surface area contributed by atoms with Gasteiger partial charge in [-0.3, -0.25) is 19.2 Å². The first kappa shape index (κ1) is 94.8. The highest BCUT2D eigenvalue weighted by atomic mass is 32.2. The number of rotatable bonds is 12. The maximum Gasteiger partial charge on any atom is 0.263 e. The molecule has 16 rings (SSSR count). The van der Waals surface area contributed by atoms with E-state index in [-0.39, 0.29) is 72.7 Å². The molecule has 0 unspecified atom stereocenters. The van der Waals surface area contributed by atoms with Gasteiger partial charge >= 0.3 is 0 Å². The van der Waals surface area contributed by atoms with Gasteiger partial charge < -0.3 is 45.3 Å². The lowest BCUT2D eigenvalue weighted by Crippen LogP contribution is -2.34. The lowest BCUT2D eigenvalue weighted by molar-refractivity contribution is -0.116. The Morgan fingerprint density at radius 3 is 1.09 bits per heavy atom. The van der Waals surface area contributed by atoms with Crippen LogP contribution in [0.2, 0.25) is 0 Å². The smallest absolute Gasteiger partial charge is 0.263 e. The molecule has 6 aromatic carbocycles. The van der Waals surface area contributed by atoms with Crippen molar-refractivity contribution >= 4 is 161 Å². The van der Waals surface area contributed by atoms with Gasteiger partial charge in [0.2, 0.25) is 5.88 Å². The Bertz CT molecular complexity index is 5860. The van der Waals surface area contributed by atoms with E-state index in [0.717, 1.165) is 112 Å². The van der Waals surface area contributed by atoms with Gasteiger partial charge in [-0.1, -0.05) is 231 Å². The second-order valence-electron chi connectivity index (χ2n) is 39.1. The molecule has 8 aliphatic rings. The molecule has 0 radical (unpaired) electrons. The summed E-state index contributed by atoms with van der Waals surface area (Å²) >= 11 is 25.2. The number of fused-ring (bicyclic) bond motifs is 4. The van der Waals surface area contributed by atoms with Crippen LogP contribution in [0.1, 0.15) is 251 Å². The van der Waals surface area contributed by atoms with Crippen molar-refractivity contribution in [3.63, 3.8) is 0 Å². The third-order valence-electron chi connectivity index (χ3n) is 26.5. The van der Waals surface area contributed by atoms with Crippen LogP contribution in [0.4, 0.5) is 4.39 Å². The maximum absolute atomic E-state index is 15.9. The predicted molar refractivity (Wildman–Crippen MR) is 536 cm³/mol. The number of thioether (sulfide) groups is 4. The zero-order valence-corrected chi connectivity index (χ0v) is 83.0. The van der Waals surface area contributed by atoms with Crippen molar-refractivity contribution in [3.8, 4) is 73.5 Å². The molecule has 0 saturated carbocycles. The number of carbonyl (C=O) groups excluding carboxylic acids is 4. The van der Waals surface area contributed by atoms with Gasteiger partial charge in [-0.2, -0.15) is 0 Å². The van der Waals surface area contributed by atoms with Crippen LogP contribution in [-0.2, 0) is 62.5 Å². The number of ether oxygens (including phenoxy) is 4. The first-order chi connectivity index (χ1) is 58.9. The summed E-state index contributed by atoms with van der Waals surface area (Å²) in [4.78, 5) is 59.8. The van der Waals surface area contributed by atoms with E-state index in [9.17, 15) is 24.3 Å². The Kier molecular flexibility index (Phi) is 27.0. The van der Waals surface area contributed by atoms with Crippen molar-refractivity contribution in [1.29, 1.82) is 0 Å². The van der Waals surface area contributed by atoms with Crippen LogP contribution in [0, 0.1) is 33.5 Å². The van der Waals surface area contributed by atoms with E-state index in [1.54, 1.807) is 71.1 Å². The van der Waals surface area contributed by atoms with Crippen LogP contribution < -0.4 is 40.2 Å². The third kappa shape index (κ3) is 19.4. The zero-order valence-electron chi connectivity index (χ0n) is 76.5. The number of methoxy groups -OCH3 is 4. The molecular weight excluding hydrogens is 1730 g/mol. The molecule has 0 atom stereocenters. The largest absolute Gasteiger partial charge is 0.507 e. The summed E-state index contributed by atoms with van der Waals surface area (Å²) in [5, 5.41) is 21.1. The predicted octanol–water partition coefficient (Wildman–Crippen LogP) is 24.7. The highest BCUT2D eigenvalue weighted by Gasteiger charge is 2.43. The maximum atomic E-state index is 15.9. The second-order valence-corrected chi connectivity index (χ2v) is 46.0. The fraction of sp³-hybridized carbons (Fsp3) is 0.392. The minimum atomic E-state index is -0.404. The van der Waals surface area contributed by atoms with E-state index < -0.39 is 5.82 Å². The normalized spacial score (nSPS) is 20.4.